The highest BCUT2D eigenvalue weighted by Gasteiger charge is 2.38. The Morgan fingerprint density at radius 2 is 1.70 bits per heavy atom. The minimum atomic E-state index is -0.560. The highest BCUT2D eigenvalue weighted by Crippen LogP contribution is 2.44. The fourth-order valence-electron chi connectivity index (χ4n) is 4.37. The van der Waals surface area contributed by atoms with Gasteiger partial charge in [-0.3, -0.25) is 9.59 Å². The number of ketones is 2. The summed E-state index contributed by atoms with van der Waals surface area (Å²) in [5.41, 5.74) is 0.0277. The van der Waals surface area contributed by atoms with Crippen LogP contribution < -0.4 is 0 Å². The van der Waals surface area contributed by atoms with Gasteiger partial charge in [-0.1, -0.05) is 51.3 Å². The number of aromatic hydroxyl groups is 1. The first kappa shape index (κ1) is 22.5. The lowest BCUT2D eigenvalue weighted by atomic mass is 9.81. The van der Waals surface area contributed by atoms with Crippen molar-refractivity contribution in [1.29, 1.82) is 0 Å². The van der Waals surface area contributed by atoms with Crippen LogP contribution >= 0.6 is 0 Å². The third-order valence-corrected chi connectivity index (χ3v) is 6.38. The first-order valence-electron chi connectivity index (χ1n) is 11.3. The molecule has 6 heteroatoms. The summed E-state index contributed by atoms with van der Waals surface area (Å²) in [5.74, 6) is -1.79. The van der Waals surface area contributed by atoms with Gasteiger partial charge in [0, 0.05) is 16.5 Å². The number of hydrogen-bond donors (Lipinski definition) is 1. The third kappa shape index (κ3) is 3.86. The van der Waals surface area contributed by atoms with Crippen LogP contribution in [0, 0.1) is 5.92 Å². The quantitative estimate of drug-likeness (QED) is 0.312. The van der Waals surface area contributed by atoms with E-state index in [0.717, 1.165) is 25.7 Å². The molecule has 0 saturated heterocycles. The normalized spacial score (nSPS) is 13.5. The molecule has 1 atom stereocenters. The van der Waals surface area contributed by atoms with Gasteiger partial charge in [0.1, 0.15) is 11.3 Å². The van der Waals surface area contributed by atoms with Crippen molar-refractivity contribution in [3.63, 3.8) is 0 Å². The van der Waals surface area contributed by atoms with Crippen molar-refractivity contribution >= 4 is 28.3 Å². The minimum absolute atomic E-state index is 0.0446. The lowest BCUT2D eigenvalue weighted by molar-refractivity contribution is 0.0428. The van der Waals surface area contributed by atoms with E-state index in [1.165, 1.54) is 18.2 Å². The smallest absolute Gasteiger partial charge is 0.338 e. The third-order valence-electron chi connectivity index (χ3n) is 6.38. The van der Waals surface area contributed by atoms with Crippen LogP contribution in [0.4, 0.5) is 0 Å². The zero-order chi connectivity index (χ0) is 23.7. The molecule has 0 spiro atoms. The molecule has 0 amide bonds. The first-order valence-corrected chi connectivity index (χ1v) is 11.3. The Bertz CT molecular complexity index is 1270. The van der Waals surface area contributed by atoms with Gasteiger partial charge in [0.05, 0.1) is 23.1 Å². The van der Waals surface area contributed by atoms with E-state index in [9.17, 15) is 19.5 Å². The number of ether oxygens (including phenoxy) is 1. The van der Waals surface area contributed by atoms with Crippen LogP contribution in [-0.2, 0) is 4.74 Å². The predicted molar refractivity (Wildman–Crippen MR) is 126 cm³/mol. The van der Waals surface area contributed by atoms with Crippen LogP contribution in [0.1, 0.15) is 81.7 Å². The van der Waals surface area contributed by atoms with E-state index in [1.54, 1.807) is 24.3 Å². The summed E-state index contributed by atoms with van der Waals surface area (Å²) in [5, 5.41) is 20.0. The molecule has 3 aromatic rings. The number of hydrogen-bond acceptors (Lipinski definition) is 5. The van der Waals surface area contributed by atoms with Gasteiger partial charge in [0.2, 0.25) is 5.78 Å². The number of carbonyl (C=O) groups excluding carboxylic acids is 3. The lowest BCUT2D eigenvalue weighted by Gasteiger charge is -2.20. The van der Waals surface area contributed by atoms with Gasteiger partial charge in [-0.15, -0.1) is 0 Å². The molecule has 0 heterocycles. The average Bonchev–Trinajstić information content (AvgIpc) is 2.84. The second-order valence-corrected chi connectivity index (χ2v) is 8.45. The van der Waals surface area contributed by atoms with Crippen molar-refractivity contribution in [1.82, 2.24) is 0 Å². The Labute approximate surface area is 191 Å². The fourth-order valence-corrected chi connectivity index (χ4v) is 4.37. The molecule has 0 radical (unpaired) electrons. The first-order chi connectivity index (χ1) is 15.9. The van der Waals surface area contributed by atoms with Gasteiger partial charge in [-0.05, 0) is 36.6 Å². The zero-order valence-electron chi connectivity index (χ0n) is 18.7. The molecule has 170 valence electrons. The maximum atomic E-state index is 13.3. The summed E-state index contributed by atoms with van der Waals surface area (Å²) in [6.45, 7) is 4.48. The molecular weight excluding hydrogens is 420 g/mol. The maximum absolute atomic E-state index is 13.3. The Morgan fingerprint density at radius 1 is 1.00 bits per heavy atom. The van der Waals surface area contributed by atoms with Crippen molar-refractivity contribution in [2.24, 2.45) is 5.92 Å². The molecule has 1 aliphatic carbocycles. The van der Waals surface area contributed by atoms with E-state index in [2.05, 4.69) is 13.8 Å². The molecule has 33 heavy (non-hydrogen) atoms. The van der Waals surface area contributed by atoms with Crippen LogP contribution in [-0.4, -0.2) is 34.4 Å². The second kappa shape index (κ2) is 9.06. The maximum Gasteiger partial charge on any atom is 0.338 e. The number of esters is 1. The van der Waals surface area contributed by atoms with E-state index in [4.69, 9.17) is 9.84 Å². The summed E-state index contributed by atoms with van der Waals surface area (Å²) in [6.07, 6.45) is 4.04. The van der Waals surface area contributed by atoms with Crippen molar-refractivity contribution in [2.75, 3.05) is 6.61 Å². The monoisotopic (exact) mass is 447 g/mol. The van der Waals surface area contributed by atoms with Gasteiger partial charge in [-0.25, -0.2) is 4.79 Å². The fraction of sp³-hybridized carbons (Fsp3) is 0.296. The largest absolute Gasteiger partial charge is 0.592 e. The van der Waals surface area contributed by atoms with Gasteiger partial charge < -0.3 is 14.9 Å². The van der Waals surface area contributed by atoms with Gasteiger partial charge >= 0.3 is 5.97 Å². The minimum Gasteiger partial charge on any atom is -0.592 e. The van der Waals surface area contributed by atoms with Gasteiger partial charge in [-0.2, -0.15) is 0 Å². The molecule has 1 unspecified atom stereocenters. The summed E-state index contributed by atoms with van der Waals surface area (Å²) >= 11 is 0. The number of carbonyl (C=O) groups is 3. The molecule has 3 N–H and O–H groups in total. The molecule has 0 aromatic heterocycles. The van der Waals surface area contributed by atoms with Crippen molar-refractivity contribution in [2.45, 2.75) is 39.5 Å². The molecule has 0 aliphatic heterocycles. The summed E-state index contributed by atoms with van der Waals surface area (Å²) in [6, 6.07) is 10.9. The summed E-state index contributed by atoms with van der Waals surface area (Å²) < 4.78 is 5.49. The SMILES string of the molecule is CCCCC(CC)COC(=O)c1ccc2c(c1)C(=O)c1c(c(O)c3ccccc3c1[OH2+])C2=O. The van der Waals surface area contributed by atoms with Crippen LogP contribution in [0.3, 0.4) is 0 Å². The molecule has 0 bridgehead atoms. The van der Waals surface area contributed by atoms with Crippen LogP contribution in [0.25, 0.3) is 10.8 Å². The Hall–Kier alpha value is -3.67. The van der Waals surface area contributed by atoms with Gasteiger partial charge in [0.15, 0.2) is 5.78 Å². The van der Waals surface area contributed by atoms with Crippen LogP contribution in [0.2, 0.25) is 0 Å². The molecule has 0 fully saturated rings. The Kier molecular flexibility index (Phi) is 6.18. The highest BCUT2D eigenvalue weighted by atomic mass is 16.5. The number of phenolic OH excluding ortho intramolecular Hbond substituents is 1. The molecule has 0 saturated carbocycles. The molecule has 3 aromatic carbocycles. The van der Waals surface area contributed by atoms with Gasteiger partial charge in [0.25, 0.3) is 5.75 Å². The molecular formula is C27H27O6+. The van der Waals surface area contributed by atoms with E-state index in [1.807, 2.05) is 0 Å². The van der Waals surface area contributed by atoms with E-state index in [-0.39, 0.29) is 45.2 Å². The number of phenols is 1. The molecule has 1 aliphatic rings. The van der Waals surface area contributed by atoms with Crippen LogP contribution in [0.15, 0.2) is 42.5 Å². The van der Waals surface area contributed by atoms with E-state index in [0.29, 0.717) is 17.4 Å². The highest BCUT2D eigenvalue weighted by molar-refractivity contribution is 6.32. The Balaban J connectivity index is 1.69. The van der Waals surface area contributed by atoms with Crippen molar-refractivity contribution in [3.8, 4) is 11.5 Å². The summed E-state index contributed by atoms with van der Waals surface area (Å²) in [4.78, 5) is 39.2. The number of rotatable bonds is 7. The summed E-state index contributed by atoms with van der Waals surface area (Å²) in [7, 11) is 0. The van der Waals surface area contributed by atoms with Crippen molar-refractivity contribution in [3.05, 3.63) is 70.3 Å². The Morgan fingerprint density at radius 3 is 2.39 bits per heavy atom. The number of unbranched alkanes of at least 4 members (excludes halogenated alkanes) is 1. The predicted octanol–water partition coefficient (Wildman–Crippen LogP) is 5.13. The number of benzene rings is 3. The lowest BCUT2D eigenvalue weighted by Crippen LogP contribution is -2.22. The topological polar surface area (TPSA) is 104 Å². The molecule has 4 rings (SSSR count). The average molecular weight is 448 g/mol. The molecule has 6 nitrogen and oxygen atoms in total. The standard InChI is InChI=1S/C27H26O6/c1-3-5-8-15(4-2)14-33-27(32)16-11-12-19-20(13-16)26(31)22-21(25(19)30)23(28)17-9-6-7-10-18(17)24(22)29/h6-7,9-13,15,28-29H,3-5,8,14H2,1-2H3/p+1. The number of fused-ring (bicyclic) bond motifs is 3. The second-order valence-electron chi connectivity index (χ2n) is 8.45. The van der Waals surface area contributed by atoms with Crippen molar-refractivity contribution < 1.29 is 29.3 Å². The van der Waals surface area contributed by atoms with Crippen LogP contribution in [0.5, 0.6) is 11.5 Å². The van der Waals surface area contributed by atoms with E-state index < -0.39 is 17.5 Å². The zero-order valence-corrected chi connectivity index (χ0v) is 18.7. The van der Waals surface area contributed by atoms with E-state index >= 15 is 0 Å².